The summed E-state index contributed by atoms with van der Waals surface area (Å²) in [5, 5.41) is 6.46. The molecule has 0 bridgehead atoms. The van der Waals surface area contributed by atoms with Crippen molar-refractivity contribution in [2.75, 3.05) is 17.2 Å². The standard InChI is InChI=1S/C21H22N4O2/c1-4-27-20(26)16-8-10-17(11-9-16)23-19-13-15(3)22-21(25-19)24-18-7-5-6-14(2)12-18/h5-13H,4H2,1-3H3,(H2,22,23,24,25). The number of rotatable bonds is 6. The number of carbonyl (C=O) groups excluding carboxylic acids is 1. The minimum atomic E-state index is -0.327. The third-order valence-corrected chi connectivity index (χ3v) is 3.80. The maximum Gasteiger partial charge on any atom is 0.338 e. The Morgan fingerprint density at radius 1 is 0.963 bits per heavy atom. The first-order valence-electron chi connectivity index (χ1n) is 8.77. The third-order valence-electron chi connectivity index (χ3n) is 3.80. The number of aromatic nitrogens is 2. The Morgan fingerprint density at radius 3 is 2.44 bits per heavy atom. The van der Waals surface area contributed by atoms with Crippen molar-refractivity contribution in [1.82, 2.24) is 9.97 Å². The maximum absolute atomic E-state index is 11.7. The predicted octanol–water partition coefficient (Wildman–Crippen LogP) is 4.76. The molecule has 0 unspecified atom stereocenters. The lowest BCUT2D eigenvalue weighted by Crippen LogP contribution is -2.05. The number of benzene rings is 2. The molecule has 0 amide bonds. The van der Waals surface area contributed by atoms with Crippen LogP contribution >= 0.6 is 0 Å². The zero-order valence-electron chi connectivity index (χ0n) is 15.6. The summed E-state index contributed by atoms with van der Waals surface area (Å²) in [6.45, 7) is 6.09. The molecule has 0 saturated heterocycles. The van der Waals surface area contributed by atoms with Crippen molar-refractivity contribution in [3.63, 3.8) is 0 Å². The molecule has 1 heterocycles. The minimum absolute atomic E-state index is 0.327. The van der Waals surface area contributed by atoms with Crippen LogP contribution in [0.3, 0.4) is 0 Å². The second kappa shape index (κ2) is 8.31. The molecular weight excluding hydrogens is 340 g/mol. The SMILES string of the molecule is CCOC(=O)c1ccc(Nc2cc(C)nc(Nc3cccc(C)c3)n2)cc1. The maximum atomic E-state index is 11.7. The van der Waals surface area contributed by atoms with E-state index >= 15 is 0 Å². The number of carbonyl (C=O) groups is 1. The molecule has 138 valence electrons. The fourth-order valence-corrected chi connectivity index (χ4v) is 2.59. The van der Waals surface area contributed by atoms with Gasteiger partial charge < -0.3 is 15.4 Å². The van der Waals surface area contributed by atoms with Gasteiger partial charge >= 0.3 is 5.97 Å². The molecule has 0 aliphatic carbocycles. The summed E-state index contributed by atoms with van der Waals surface area (Å²) in [7, 11) is 0. The highest BCUT2D eigenvalue weighted by Crippen LogP contribution is 2.20. The van der Waals surface area contributed by atoms with Crippen molar-refractivity contribution in [1.29, 1.82) is 0 Å². The van der Waals surface area contributed by atoms with Crippen LogP contribution < -0.4 is 10.6 Å². The normalized spacial score (nSPS) is 10.3. The van der Waals surface area contributed by atoms with Gasteiger partial charge in [0.15, 0.2) is 0 Å². The third kappa shape index (κ3) is 5.04. The zero-order chi connectivity index (χ0) is 19.2. The lowest BCUT2D eigenvalue weighted by Gasteiger charge is -2.11. The molecule has 0 radical (unpaired) electrons. The molecule has 0 aliphatic rings. The summed E-state index contributed by atoms with van der Waals surface area (Å²) in [5.74, 6) is 0.861. The molecule has 3 aromatic rings. The van der Waals surface area contributed by atoms with Gasteiger partial charge in [0.05, 0.1) is 12.2 Å². The van der Waals surface area contributed by atoms with Crippen LogP contribution in [-0.4, -0.2) is 22.5 Å². The lowest BCUT2D eigenvalue weighted by molar-refractivity contribution is 0.0526. The van der Waals surface area contributed by atoms with Gasteiger partial charge in [-0.2, -0.15) is 4.98 Å². The Labute approximate surface area is 158 Å². The second-order valence-electron chi connectivity index (χ2n) is 6.14. The summed E-state index contributed by atoms with van der Waals surface area (Å²) in [6, 6.07) is 17.0. The van der Waals surface area contributed by atoms with E-state index in [2.05, 4.69) is 20.6 Å². The fourth-order valence-electron chi connectivity index (χ4n) is 2.59. The molecule has 1 aromatic heterocycles. The summed E-state index contributed by atoms with van der Waals surface area (Å²) in [4.78, 5) is 20.7. The Morgan fingerprint density at radius 2 is 1.74 bits per heavy atom. The first-order chi connectivity index (χ1) is 13.0. The van der Waals surface area contributed by atoms with Crippen LogP contribution in [0.25, 0.3) is 0 Å². The van der Waals surface area contributed by atoms with Crippen molar-refractivity contribution in [2.45, 2.75) is 20.8 Å². The highest BCUT2D eigenvalue weighted by molar-refractivity contribution is 5.89. The van der Waals surface area contributed by atoms with E-state index in [1.165, 1.54) is 0 Å². The zero-order valence-corrected chi connectivity index (χ0v) is 15.6. The molecule has 2 N–H and O–H groups in total. The monoisotopic (exact) mass is 362 g/mol. The van der Waals surface area contributed by atoms with Crippen molar-refractivity contribution in [3.8, 4) is 0 Å². The van der Waals surface area contributed by atoms with Crippen LogP contribution in [0, 0.1) is 13.8 Å². The van der Waals surface area contributed by atoms with E-state index in [4.69, 9.17) is 4.74 Å². The molecule has 0 fully saturated rings. The van der Waals surface area contributed by atoms with E-state index in [9.17, 15) is 4.79 Å². The average molecular weight is 362 g/mol. The minimum Gasteiger partial charge on any atom is -0.462 e. The fraction of sp³-hybridized carbons (Fsp3) is 0.190. The highest BCUT2D eigenvalue weighted by atomic mass is 16.5. The first kappa shape index (κ1) is 18.4. The highest BCUT2D eigenvalue weighted by Gasteiger charge is 2.07. The lowest BCUT2D eigenvalue weighted by atomic mass is 10.2. The quantitative estimate of drug-likeness (QED) is 0.616. The van der Waals surface area contributed by atoms with Crippen LogP contribution in [0.2, 0.25) is 0 Å². The van der Waals surface area contributed by atoms with Crippen molar-refractivity contribution >= 4 is 29.1 Å². The number of nitrogens with zero attached hydrogens (tertiary/aromatic N) is 2. The summed E-state index contributed by atoms with van der Waals surface area (Å²) >= 11 is 0. The molecular formula is C21H22N4O2. The second-order valence-corrected chi connectivity index (χ2v) is 6.14. The largest absolute Gasteiger partial charge is 0.462 e. The Balaban J connectivity index is 1.75. The van der Waals surface area contributed by atoms with E-state index in [0.29, 0.717) is 23.9 Å². The van der Waals surface area contributed by atoms with Gasteiger partial charge in [-0.1, -0.05) is 12.1 Å². The van der Waals surface area contributed by atoms with E-state index < -0.39 is 0 Å². The molecule has 6 heteroatoms. The van der Waals surface area contributed by atoms with Gasteiger partial charge in [-0.15, -0.1) is 0 Å². The van der Waals surface area contributed by atoms with Crippen LogP contribution in [0.1, 0.15) is 28.5 Å². The van der Waals surface area contributed by atoms with Gasteiger partial charge in [-0.25, -0.2) is 9.78 Å². The molecule has 6 nitrogen and oxygen atoms in total. The smallest absolute Gasteiger partial charge is 0.338 e. The molecule has 0 spiro atoms. The van der Waals surface area contributed by atoms with Gasteiger partial charge in [-0.3, -0.25) is 0 Å². The van der Waals surface area contributed by atoms with Crippen molar-refractivity contribution in [3.05, 3.63) is 71.4 Å². The van der Waals surface area contributed by atoms with Gasteiger partial charge in [0, 0.05) is 23.1 Å². The average Bonchev–Trinajstić information content (AvgIpc) is 2.62. The van der Waals surface area contributed by atoms with Crippen LogP contribution in [-0.2, 0) is 4.74 Å². The number of aryl methyl sites for hydroxylation is 2. The molecule has 0 saturated carbocycles. The molecule has 3 rings (SSSR count). The van der Waals surface area contributed by atoms with E-state index in [1.54, 1.807) is 19.1 Å². The van der Waals surface area contributed by atoms with Crippen molar-refractivity contribution in [2.24, 2.45) is 0 Å². The Hall–Kier alpha value is -3.41. The van der Waals surface area contributed by atoms with Gasteiger partial charge in [0.25, 0.3) is 0 Å². The van der Waals surface area contributed by atoms with E-state index in [0.717, 1.165) is 22.6 Å². The van der Waals surface area contributed by atoms with Crippen LogP contribution in [0.5, 0.6) is 0 Å². The Kier molecular flexibility index (Phi) is 5.66. The number of hydrogen-bond acceptors (Lipinski definition) is 6. The first-order valence-corrected chi connectivity index (χ1v) is 8.77. The van der Waals surface area contributed by atoms with Crippen LogP contribution in [0.4, 0.5) is 23.1 Å². The number of esters is 1. The van der Waals surface area contributed by atoms with Gasteiger partial charge in [0.1, 0.15) is 5.82 Å². The topological polar surface area (TPSA) is 76.1 Å². The Bertz CT molecular complexity index is 939. The summed E-state index contributed by atoms with van der Waals surface area (Å²) < 4.78 is 4.99. The summed E-state index contributed by atoms with van der Waals surface area (Å²) in [6.07, 6.45) is 0. The number of ether oxygens (including phenoxy) is 1. The number of anilines is 4. The van der Waals surface area contributed by atoms with E-state index in [-0.39, 0.29) is 5.97 Å². The number of nitrogens with one attached hydrogen (secondary N) is 2. The summed E-state index contributed by atoms with van der Waals surface area (Å²) in [5.41, 5.74) is 4.27. The molecule has 0 atom stereocenters. The number of hydrogen-bond donors (Lipinski definition) is 2. The van der Waals surface area contributed by atoms with Crippen LogP contribution in [0.15, 0.2) is 54.6 Å². The van der Waals surface area contributed by atoms with Gasteiger partial charge in [-0.05, 0) is 62.7 Å². The predicted molar refractivity (Wildman–Crippen MR) is 107 cm³/mol. The van der Waals surface area contributed by atoms with Gasteiger partial charge in [0.2, 0.25) is 5.95 Å². The van der Waals surface area contributed by atoms with Crippen molar-refractivity contribution < 1.29 is 9.53 Å². The molecule has 0 aliphatic heterocycles. The molecule has 2 aromatic carbocycles. The van der Waals surface area contributed by atoms with E-state index in [1.807, 2.05) is 56.3 Å². The molecule has 27 heavy (non-hydrogen) atoms.